The molecule has 0 radical (unpaired) electrons. The SMILES string of the molecule is c1coc(Cn2nnnc2SCc2cccc3cccnc23)c1. The molecular weight excluding hydrogens is 310 g/mol. The lowest BCUT2D eigenvalue weighted by Crippen LogP contribution is -2.03. The normalized spacial score (nSPS) is 11.1. The minimum absolute atomic E-state index is 0.524. The van der Waals surface area contributed by atoms with Gasteiger partial charge in [0.2, 0.25) is 5.16 Å². The average Bonchev–Trinajstić information content (AvgIpc) is 3.25. The number of rotatable bonds is 5. The van der Waals surface area contributed by atoms with Crippen LogP contribution in [0.1, 0.15) is 11.3 Å². The number of benzene rings is 1. The highest BCUT2D eigenvalue weighted by molar-refractivity contribution is 7.98. The first-order valence-electron chi connectivity index (χ1n) is 7.14. The summed E-state index contributed by atoms with van der Waals surface area (Å²) in [5, 5.41) is 13.8. The number of pyridine rings is 1. The third kappa shape index (κ3) is 2.95. The number of para-hydroxylation sites is 1. The number of thioether (sulfide) groups is 1. The molecule has 0 unspecified atom stereocenters. The predicted molar refractivity (Wildman–Crippen MR) is 86.9 cm³/mol. The molecule has 6 nitrogen and oxygen atoms in total. The maximum Gasteiger partial charge on any atom is 0.210 e. The molecule has 0 saturated heterocycles. The molecule has 3 aromatic heterocycles. The third-order valence-electron chi connectivity index (χ3n) is 3.46. The molecule has 0 bridgehead atoms. The number of hydrogen-bond donors (Lipinski definition) is 0. The molecule has 0 aliphatic rings. The Bertz CT molecular complexity index is 914. The average molecular weight is 323 g/mol. The van der Waals surface area contributed by atoms with Gasteiger partial charge in [0.15, 0.2) is 0 Å². The van der Waals surface area contributed by atoms with Crippen molar-refractivity contribution in [2.75, 3.05) is 0 Å². The van der Waals surface area contributed by atoms with Crippen molar-refractivity contribution in [3.8, 4) is 0 Å². The fraction of sp³-hybridized carbons (Fsp3) is 0.125. The van der Waals surface area contributed by atoms with Crippen LogP contribution in [0.5, 0.6) is 0 Å². The molecule has 0 saturated carbocycles. The molecule has 0 fully saturated rings. The third-order valence-corrected chi connectivity index (χ3v) is 4.46. The van der Waals surface area contributed by atoms with Crippen LogP contribution in [0.3, 0.4) is 0 Å². The first-order chi connectivity index (χ1) is 11.4. The van der Waals surface area contributed by atoms with Crippen LogP contribution in [0.4, 0.5) is 0 Å². The minimum Gasteiger partial charge on any atom is -0.467 e. The zero-order valence-corrected chi connectivity index (χ0v) is 13.0. The van der Waals surface area contributed by atoms with E-state index in [0.717, 1.165) is 27.6 Å². The molecule has 0 amide bonds. The monoisotopic (exact) mass is 323 g/mol. The van der Waals surface area contributed by atoms with Gasteiger partial charge in [0, 0.05) is 17.3 Å². The Morgan fingerprint density at radius 1 is 1.09 bits per heavy atom. The molecule has 3 heterocycles. The van der Waals surface area contributed by atoms with E-state index in [4.69, 9.17) is 4.42 Å². The van der Waals surface area contributed by atoms with Crippen LogP contribution >= 0.6 is 11.8 Å². The number of tetrazole rings is 1. The van der Waals surface area contributed by atoms with E-state index in [2.05, 4.69) is 38.7 Å². The van der Waals surface area contributed by atoms with Crippen molar-refractivity contribution < 1.29 is 4.42 Å². The van der Waals surface area contributed by atoms with E-state index in [1.807, 2.05) is 30.5 Å². The van der Waals surface area contributed by atoms with Gasteiger partial charge in [0.1, 0.15) is 12.3 Å². The van der Waals surface area contributed by atoms with Gasteiger partial charge in [-0.3, -0.25) is 4.98 Å². The second kappa shape index (κ2) is 6.21. The largest absolute Gasteiger partial charge is 0.467 e. The maximum absolute atomic E-state index is 5.35. The van der Waals surface area contributed by atoms with E-state index in [0.29, 0.717) is 6.54 Å². The highest BCUT2D eigenvalue weighted by atomic mass is 32.2. The van der Waals surface area contributed by atoms with Crippen molar-refractivity contribution in [3.05, 3.63) is 66.2 Å². The minimum atomic E-state index is 0.524. The first kappa shape index (κ1) is 14.0. The molecule has 7 heteroatoms. The second-order valence-corrected chi connectivity index (χ2v) is 5.92. The lowest BCUT2D eigenvalue weighted by Gasteiger charge is -2.05. The van der Waals surface area contributed by atoms with Gasteiger partial charge < -0.3 is 4.42 Å². The Hall–Kier alpha value is -2.67. The molecule has 1 aromatic carbocycles. The fourth-order valence-electron chi connectivity index (χ4n) is 2.38. The fourth-order valence-corrected chi connectivity index (χ4v) is 3.24. The van der Waals surface area contributed by atoms with Gasteiger partial charge in [-0.15, -0.1) is 5.10 Å². The maximum atomic E-state index is 5.35. The number of aromatic nitrogens is 5. The summed E-state index contributed by atoms with van der Waals surface area (Å²) in [7, 11) is 0. The number of furan rings is 1. The lowest BCUT2D eigenvalue weighted by molar-refractivity contribution is 0.462. The smallest absolute Gasteiger partial charge is 0.210 e. The Kier molecular flexibility index (Phi) is 3.77. The molecule has 0 spiro atoms. The number of nitrogens with zero attached hydrogens (tertiary/aromatic N) is 5. The first-order valence-corrected chi connectivity index (χ1v) is 8.13. The molecule has 0 aliphatic carbocycles. The number of fused-ring (bicyclic) bond motifs is 1. The highest BCUT2D eigenvalue weighted by Gasteiger charge is 2.10. The van der Waals surface area contributed by atoms with Crippen molar-refractivity contribution in [1.29, 1.82) is 0 Å². The summed E-state index contributed by atoms with van der Waals surface area (Å²) in [6, 6.07) is 14.0. The van der Waals surface area contributed by atoms with Gasteiger partial charge in [0.25, 0.3) is 0 Å². The van der Waals surface area contributed by atoms with Crippen LogP contribution < -0.4 is 0 Å². The van der Waals surface area contributed by atoms with E-state index >= 15 is 0 Å². The zero-order chi connectivity index (χ0) is 15.5. The van der Waals surface area contributed by atoms with Crippen molar-refractivity contribution in [2.45, 2.75) is 17.5 Å². The highest BCUT2D eigenvalue weighted by Crippen LogP contribution is 2.25. The molecule has 114 valence electrons. The topological polar surface area (TPSA) is 69.6 Å². The second-order valence-electron chi connectivity index (χ2n) is 4.98. The van der Waals surface area contributed by atoms with Gasteiger partial charge in [-0.1, -0.05) is 36.0 Å². The van der Waals surface area contributed by atoms with Crippen molar-refractivity contribution in [3.63, 3.8) is 0 Å². The molecule has 0 N–H and O–H groups in total. The molecule has 0 atom stereocenters. The van der Waals surface area contributed by atoms with Crippen LogP contribution in [-0.2, 0) is 12.3 Å². The van der Waals surface area contributed by atoms with E-state index in [1.165, 1.54) is 5.56 Å². The van der Waals surface area contributed by atoms with Gasteiger partial charge >= 0.3 is 0 Å². The Labute approximate surface area is 136 Å². The molecule has 23 heavy (non-hydrogen) atoms. The van der Waals surface area contributed by atoms with E-state index in [9.17, 15) is 0 Å². The van der Waals surface area contributed by atoms with Crippen LogP contribution in [0.2, 0.25) is 0 Å². The summed E-state index contributed by atoms with van der Waals surface area (Å²) in [6.07, 6.45) is 3.46. The summed E-state index contributed by atoms with van der Waals surface area (Å²) < 4.78 is 7.08. The van der Waals surface area contributed by atoms with E-state index < -0.39 is 0 Å². The van der Waals surface area contributed by atoms with Crippen LogP contribution in [0.25, 0.3) is 10.9 Å². The Morgan fingerprint density at radius 2 is 2.04 bits per heavy atom. The lowest BCUT2D eigenvalue weighted by atomic mass is 10.1. The number of hydrogen-bond acceptors (Lipinski definition) is 6. The van der Waals surface area contributed by atoms with E-state index in [-0.39, 0.29) is 0 Å². The summed E-state index contributed by atoms with van der Waals surface area (Å²) >= 11 is 1.59. The summed E-state index contributed by atoms with van der Waals surface area (Å²) in [5.41, 5.74) is 2.19. The molecule has 4 aromatic rings. The van der Waals surface area contributed by atoms with Gasteiger partial charge in [-0.2, -0.15) is 0 Å². The quantitative estimate of drug-likeness (QED) is 0.525. The molecule has 4 rings (SSSR count). The zero-order valence-electron chi connectivity index (χ0n) is 12.2. The predicted octanol–water partition coefficient (Wildman–Crippen LogP) is 3.15. The standard InChI is InChI=1S/C16H13N5OS/c1-4-12-6-2-8-17-15(12)13(5-1)11-23-16-18-19-20-21(16)10-14-7-3-9-22-14/h1-9H,10-11H2. The van der Waals surface area contributed by atoms with Gasteiger partial charge in [-0.25, -0.2) is 4.68 Å². The summed E-state index contributed by atoms with van der Waals surface area (Å²) in [6.45, 7) is 0.524. The van der Waals surface area contributed by atoms with Crippen LogP contribution in [0.15, 0.2) is 64.5 Å². The van der Waals surface area contributed by atoms with Gasteiger partial charge in [0.05, 0.1) is 11.8 Å². The van der Waals surface area contributed by atoms with Crippen LogP contribution in [0, 0.1) is 0 Å². The van der Waals surface area contributed by atoms with E-state index in [1.54, 1.807) is 22.7 Å². The summed E-state index contributed by atoms with van der Waals surface area (Å²) in [5.74, 6) is 1.58. The Balaban J connectivity index is 1.54. The summed E-state index contributed by atoms with van der Waals surface area (Å²) in [4.78, 5) is 4.48. The van der Waals surface area contributed by atoms with Gasteiger partial charge in [-0.05, 0) is 34.2 Å². The van der Waals surface area contributed by atoms with Crippen molar-refractivity contribution in [1.82, 2.24) is 25.2 Å². The van der Waals surface area contributed by atoms with Crippen molar-refractivity contribution >= 4 is 22.7 Å². The molecule has 0 aliphatic heterocycles. The molecular formula is C16H13N5OS. The Morgan fingerprint density at radius 3 is 2.96 bits per heavy atom. The van der Waals surface area contributed by atoms with Crippen LogP contribution in [-0.4, -0.2) is 25.2 Å². The van der Waals surface area contributed by atoms with Crippen molar-refractivity contribution in [2.24, 2.45) is 0 Å².